The van der Waals surface area contributed by atoms with Crippen molar-refractivity contribution in [2.75, 3.05) is 0 Å². The Kier molecular flexibility index (Phi) is 4.20. The summed E-state index contributed by atoms with van der Waals surface area (Å²) in [5, 5.41) is 0. The molecule has 6 unspecified atom stereocenters. The van der Waals surface area contributed by atoms with E-state index < -0.39 is 0 Å². The lowest BCUT2D eigenvalue weighted by atomic mass is 9.58. The van der Waals surface area contributed by atoms with Crippen molar-refractivity contribution in [2.45, 2.75) is 77.6 Å². The summed E-state index contributed by atoms with van der Waals surface area (Å²) < 4.78 is 5.46. The molecule has 4 aliphatic rings. The SMILES string of the molecule is CC1=CCC2C(CCCC(C3[B]O3)C1)CCC1(C)C(=O)CCC21. The Morgan fingerprint density at radius 1 is 1.22 bits per heavy atom. The average molecular weight is 313 g/mol. The van der Waals surface area contributed by atoms with Crippen LogP contribution in [0.4, 0.5) is 0 Å². The van der Waals surface area contributed by atoms with Gasteiger partial charge in [0, 0.05) is 17.8 Å². The van der Waals surface area contributed by atoms with E-state index in [4.69, 9.17) is 4.65 Å². The van der Waals surface area contributed by atoms with Crippen LogP contribution in [-0.4, -0.2) is 19.3 Å². The highest BCUT2D eigenvalue weighted by Gasteiger charge is 2.53. The standard InChI is InChI=1S/C20H30BO2/c1-13-6-7-16-14(4-3-5-15(12-13)19-21-23-19)10-11-20(2)17(16)8-9-18(20)22/h6,14-17,19H,3-5,7-12H2,1-2H3. The van der Waals surface area contributed by atoms with Crippen LogP contribution in [-0.2, 0) is 9.45 Å². The van der Waals surface area contributed by atoms with Gasteiger partial charge in [-0.15, -0.1) is 0 Å². The smallest absolute Gasteiger partial charge is 0.321 e. The molecule has 1 saturated heterocycles. The monoisotopic (exact) mass is 313 g/mol. The average Bonchev–Trinajstić information content (AvgIpc) is 3.32. The van der Waals surface area contributed by atoms with Crippen molar-refractivity contribution >= 4 is 13.3 Å². The zero-order valence-corrected chi connectivity index (χ0v) is 14.7. The summed E-state index contributed by atoms with van der Waals surface area (Å²) in [5.41, 5.74) is 1.54. The number of rotatable bonds is 1. The Morgan fingerprint density at radius 2 is 2.00 bits per heavy atom. The van der Waals surface area contributed by atoms with Crippen molar-refractivity contribution in [1.82, 2.24) is 0 Å². The number of carbonyl (C=O) groups excluding carboxylic acids is 1. The van der Waals surface area contributed by atoms with Crippen LogP contribution >= 0.6 is 0 Å². The fourth-order valence-electron chi connectivity index (χ4n) is 5.98. The van der Waals surface area contributed by atoms with E-state index in [1.807, 2.05) is 7.48 Å². The summed E-state index contributed by atoms with van der Waals surface area (Å²) >= 11 is 0. The Morgan fingerprint density at radius 3 is 2.78 bits per heavy atom. The molecule has 2 nitrogen and oxygen atoms in total. The number of hydrogen-bond acceptors (Lipinski definition) is 2. The zero-order valence-electron chi connectivity index (χ0n) is 14.7. The fraction of sp³-hybridized carbons (Fsp3) is 0.850. The van der Waals surface area contributed by atoms with E-state index in [0.29, 0.717) is 23.6 Å². The summed E-state index contributed by atoms with van der Waals surface area (Å²) in [5.74, 6) is 3.49. The highest BCUT2D eigenvalue weighted by Crippen LogP contribution is 2.56. The Bertz CT molecular complexity index is 510. The van der Waals surface area contributed by atoms with E-state index in [1.165, 1.54) is 44.1 Å². The number of carbonyl (C=O) groups is 1. The maximum atomic E-state index is 12.4. The topological polar surface area (TPSA) is 29.6 Å². The number of ketones is 1. The third kappa shape index (κ3) is 2.94. The molecule has 0 N–H and O–H groups in total. The van der Waals surface area contributed by atoms with Gasteiger partial charge in [0.15, 0.2) is 0 Å². The Hall–Kier alpha value is -0.565. The van der Waals surface area contributed by atoms with Gasteiger partial charge in [-0.3, -0.25) is 4.79 Å². The van der Waals surface area contributed by atoms with Gasteiger partial charge in [-0.1, -0.05) is 31.4 Å². The maximum absolute atomic E-state index is 12.4. The first-order valence-corrected chi connectivity index (χ1v) is 9.75. The van der Waals surface area contributed by atoms with Crippen LogP contribution in [0.25, 0.3) is 0 Å². The van der Waals surface area contributed by atoms with Gasteiger partial charge in [-0.25, -0.2) is 0 Å². The molecular weight excluding hydrogens is 283 g/mol. The number of hydrogen-bond donors (Lipinski definition) is 0. The summed E-state index contributed by atoms with van der Waals surface area (Å²) in [4.78, 5) is 12.4. The Labute approximate surface area is 141 Å². The fourth-order valence-corrected chi connectivity index (χ4v) is 5.98. The lowest BCUT2D eigenvalue weighted by molar-refractivity contribution is -0.130. The highest BCUT2D eigenvalue weighted by molar-refractivity contribution is 6.39. The van der Waals surface area contributed by atoms with Crippen molar-refractivity contribution in [3.05, 3.63) is 11.6 Å². The molecule has 2 saturated carbocycles. The highest BCUT2D eigenvalue weighted by atomic mass is 16.5. The minimum Gasteiger partial charge on any atom is -0.439 e. The molecule has 3 aliphatic carbocycles. The number of allylic oxidation sites excluding steroid dienone is 2. The van der Waals surface area contributed by atoms with Gasteiger partial charge in [-0.05, 0) is 69.1 Å². The third-order valence-corrected chi connectivity index (χ3v) is 7.52. The number of fused-ring (bicyclic) bond motifs is 3. The largest absolute Gasteiger partial charge is 0.439 e. The maximum Gasteiger partial charge on any atom is 0.321 e. The Balaban J connectivity index is 1.54. The van der Waals surface area contributed by atoms with E-state index in [-0.39, 0.29) is 5.41 Å². The van der Waals surface area contributed by atoms with Crippen molar-refractivity contribution < 1.29 is 9.45 Å². The first-order valence-electron chi connectivity index (χ1n) is 9.75. The molecular formula is C20H30BO2. The van der Waals surface area contributed by atoms with Crippen LogP contribution in [0, 0.1) is 29.1 Å². The first kappa shape index (κ1) is 15.9. The van der Waals surface area contributed by atoms with Crippen LogP contribution < -0.4 is 0 Å². The second-order valence-electron chi connectivity index (χ2n) is 8.87. The lowest BCUT2D eigenvalue weighted by Gasteiger charge is -2.46. The van der Waals surface area contributed by atoms with Crippen molar-refractivity contribution in [3.63, 3.8) is 0 Å². The van der Waals surface area contributed by atoms with Gasteiger partial charge in [0.25, 0.3) is 0 Å². The van der Waals surface area contributed by atoms with Gasteiger partial charge >= 0.3 is 7.48 Å². The van der Waals surface area contributed by atoms with Crippen LogP contribution in [0.15, 0.2) is 11.6 Å². The molecule has 3 heteroatoms. The molecule has 0 aromatic heterocycles. The minimum absolute atomic E-state index is 0.00633. The van der Waals surface area contributed by atoms with Crippen LogP contribution in [0.1, 0.15) is 71.6 Å². The van der Waals surface area contributed by atoms with Crippen LogP contribution in [0.5, 0.6) is 0 Å². The van der Waals surface area contributed by atoms with Crippen molar-refractivity contribution in [1.29, 1.82) is 0 Å². The predicted molar refractivity (Wildman–Crippen MR) is 93.0 cm³/mol. The van der Waals surface area contributed by atoms with Gasteiger partial charge < -0.3 is 4.65 Å². The van der Waals surface area contributed by atoms with Gasteiger partial charge in [0.2, 0.25) is 0 Å². The van der Waals surface area contributed by atoms with Crippen molar-refractivity contribution in [3.8, 4) is 0 Å². The molecule has 1 heterocycles. The van der Waals surface area contributed by atoms with E-state index >= 15 is 0 Å². The molecule has 125 valence electrons. The van der Waals surface area contributed by atoms with Gasteiger partial charge in [0.1, 0.15) is 5.78 Å². The van der Waals surface area contributed by atoms with E-state index in [0.717, 1.165) is 31.1 Å². The zero-order chi connectivity index (χ0) is 16.0. The quantitative estimate of drug-likeness (QED) is 0.405. The minimum atomic E-state index is 0.00633. The summed E-state index contributed by atoms with van der Waals surface area (Å²) in [7, 11) is 2.02. The summed E-state index contributed by atoms with van der Waals surface area (Å²) in [6.07, 6.45) is 13.3. The molecule has 3 fully saturated rings. The molecule has 23 heavy (non-hydrogen) atoms. The molecule has 4 rings (SSSR count). The molecule has 0 spiro atoms. The molecule has 1 aliphatic heterocycles. The van der Waals surface area contributed by atoms with E-state index in [2.05, 4.69) is 19.9 Å². The van der Waals surface area contributed by atoms with Gasteiger partial charge in [-0.2, -0.15) is 0 Å². The van der Waals surface area contributed by atoms with E-state index in [9.17, 15) is 4.79 Å². The molecule has 1 radical (unpaired) electrons. The first-order chi connectivity index (χ1) is 11.1. The molecule has 0 aromatic rings. The summed E-state index contributed by atoms with van der Waals surface area (Å²) in [6.45, 7) is 4.57. The molecule has 6 atom stereocenters. The van der Waals surface area contributed by atoms with Crippen LogP contribution in [0.2, 0.25) is 0 Å². The van der Waals surface area contributed by atoms with Crippen molar-refractivity contribution in [2.24, 2.45) is 29.1 Å². The molecule has 0 aromatic carbocycles. The molecule has 0 bridgehead atoms. The molecule has 0 amide bonds. The van der Waals surface area contributed by atoms with Gasteiger partial charge in [0.05, 0.1) is 0 Å². The van der Waals surface area contributed by atoms with E-state index in [1.54, 1.807) is 0 Å². The normalized spacial score (nSPS) is 47.1. The number of Topliss-reactive ketones (excluding diaryl/α,β-unsaturated/α-hetero) is 1. The second-order valence-corrected chi connectivity index (χ2v) is 8.87. The predicted octanol–water partition coefficient (Wildman–Crippen LogP) is 4.50. The van der Waals surface area contributed by atoms with Crippen LogP contribution in [0.3, 0.4) is 0 Å². The lowest BCUT2D eigenvalue weighted by Crippen LogP contribution is -2.41. The second kappa shape index (κ2) is 6.06. The summed E-state index contributed by atoms with van der Waals surface area (Å²) in [6, 6.07) is 0.427. The third-order valence-electron chi connectivity index (χ3n) is 7.52.